The Kier molecular flexibility index (Phi) is 5.52. The molecule has 174 valence electrons. The Morgan fingerprint density at radius 3 is 2.79 bits per heavy atom. The van der Waals surface area contributed by atoms with E-state index in [0.29, 0.717) is 19.3 Å². The molecule has 5 rings (SSSR count). The quantitative estimate of drug-likeness (QED) is 0.696. The zero-order valence-electron chi connectivity index (χ0n) is 19.8. The van der Waals surface area contributed by atoms with Crippen LogP contribution in [0, 0.1) is 0 Å². The molecule has 0 bridgehead atoms. The molecule has 2 aromatic carbocycles. The summed E-state index contributed by atoms with van der Waals surface area (Å²) in [6, 6.07) is 12.8. The number of amides is 1. The van der Waals surface area contributed by atoms with Crippen LogP contribution < -0.4 is 20.4 Å². The van der Waals surface area contributed by atoms with Gasteiger partial charge >= 0.3 is 0 Å². The number of fused-ring (bicyclic) bond motifs is 3. The van der Waals surface area contributed by atoms with Crippen LogP contribution in [-0.4, -0.2) is 36.0 Å². The number of hydrogen-bond acceptors (Lipinski definition) is 6. The van der Waals surface area contributed by atoms with Crippen molar-refractivity contribution in [3.8, 4) is 16.9 Å². The maximum atomic E-state index is 12.3. The average molecular weight is 449 g/mol. The van der Waals surface area contributed by atoms with Gasteiger partial charge in [0.2, 0.25) is 0 Å². The van der Waals surface area contributed by atoms with E-state index >= 15 is 0 Å². The van der Waals surface area contributed by atoms with Gasteiger partial charge in [0.15, 0.2) is 5.84 Å². The van der Waals surface area contributed by atoms with Crippen molar-refractivity contribution in [2.24, 2.45) is 5.10 Å². The number of nitrogens with zero attached hydrogens (tertiary/aromatic N) is 2. The van der Waals surface area contributed by atoms with Crippen LogP contribution in [0.25, 0.3) is 11.1 Å². The van der Waals surface area contributed by atoms with E-state index < -0.39 is 0 Å². The molecule has 7 heteroatoms. The average Bonchev–Trinajstić information content (AvgIpc) is 2.76. The molecular formula is C26H32N4O3. The summed E-state index contributed by atoms with van der Waals surface area (Å²) in [6.07, 6.45) is 3.59. The van der Waals surface area contributed by atoms with Crippen molar-refractivity contribution < 1.29 is 14.3 Å². The largest absolute Gasteiger partial charge is 0.483 e. The topological polar surface area (TPSA) is 75.2 Å². The van der Waals surface area contributed by atoms with Gasteiger partial charge < -0.3 is 19.7 Å². The Balaban J connectivity index is 1.55. The minimum absolute atomic E-state index is 0.115. The molecule has 1 fully saturated rings. The molecule has 3 aliphatic rings. The van der Waals surface area contributed by atoms with Gasteiger partial charge in [-0.15, -0.1) is 0 Å². The van der Waals surface area contributed by atoms with E-state index in [9.17, 15) is 4.79 Å². The van der Waals surface area contributed by atoms with Crippen LogP contribution in [0.5, 0.6) is 5.75 Å². The molecule has 1 amide bonds. The molecule has 1 saturated carbocycles. The molecule has 1 atom stereocenters. The number of nitrogens with one attached hydrogen (secondary N) is 2. The fraction of sp³-hybridized carbons (Fsp3) is 0.462. The van der Waals surface area contributed by atoms with Gasteiger partial charge in [-0.05, 0) is 76.3 Å². The first-order chi connectivity index (χ1) is 15.8. The third kappa shape index (κ3) is 4.42. The minimum atomic E-state index is -0.347. The Labute approximate surface area is 195 Å². The van der Waals surface area contributed by atoms with Gasteiger partial charge in [0.25, 0.3) is 5.91 Å². The normalized spacial score (nSPS) is 20.1. The molecule has 7 nitrogen and oxygen atoms in total. The fourth-order valence-corrected chi connectivity index (χ4v) is 4.33. The first-order valence-corrected chi connectivity index (χ1v) is 11.7. The maximum Gasteiger partial charge on any atom is 0.262 e. The van der Waals surface area contributed by atoms with Crippen LogP contribution in [-0.2, 0) is 16.1 Å². The van der Waals surface area contributed by atoms with Crippen LogP contribution in [0.4, 0.5) is 11.4 Å². The zero-order chi connectivity index (χ0) is 23.2. The van der Waals surface area contributed by atoms with Crippen molar-refractivity contribution in [2.45, 2.75) is 71.2 Å². The highest BCUT2D eigenvalue weighted by Gasteiger charge is 2.36. The molecule has 0 saturated heterocycles. The monoisotopic (exact) mass is 448 g/mol. The number of carbonyl (C=O) groups is 1. The summed E-state index contributed by atoms with van der Waals surface area (Å²) in [5.41, 5.74) is 7.66. The van der Waals surface area contributed by atoms with Crippen LogP contribution >= 0.6 is 0 Å². The van der Waals surface area contributed by atoms with E-state index in [0.717, 1.165) is 39.7 Å². The van der Waals surface area contributed by atoms with Gasteiger partial charge in [0, 0.05) is 17.3 Å². The van der Waals surface area contributed by atoms with Crippen molar-refractivity contribution in [1.29, 1.82) is 0 Å². The van der Waals surface area contributed by atoms with Crippen molar-refractivity contribution in [3.05, 3.63) is 42.0 Å². The lowest BCUT2D eigenvalue weighted by molar-refractivity contribution is -0.122. The maximum absolute atomic E-state index is 12.3. The van der Waals surface area contributed by atoms with Crippen molar-refractivity contribution in [1.82, 2.24) is 5.43 Å². The predicted molar refractivity (Wildman–Crippen MR) is 131 cm³/mol. The van der Waals surface area contributed by atoms with Gasteiger partial charge in [0.05, 0.1) is 17.9 Å². The summed E-state index contributed by atoms with van der Waals surface area (Å²) in [5, 5.41) is 7.95. The second-order valence-electron chi connectivity index (χ2n) is 10.1. The number of amidine groups is 1. The van der Waals surface area contributed by atoms with Crippen molar-refractivity contribution >= 4 is 23.1 Å². The lowest BCUT2D eigenvalue weighted by Gasteiger charge is -2.39. The van der Waals surface area contributed by atoms with E-state index in [4.69, 9.17) is 9.47 Å². The molecular weight excluding hydrogens is 416 g/mol. The Hall–Kier alpha value is -3.06. The minimum Gasteiger partial charge on any atom is -0.483 e. The number of benzene rings is 2. The van der Waals surface area contributed by atoms with Gasteiger partial charge in [0.1, 0.15) is 18.4 Å². The van der Waals surface area contributed by atoms with Crippen molar-refractivity contribution in [2.75, 3.05) is 16.8 Å². The lowest BCUT2D eigenvalue weighted by atomic mass is 9.91. The highest BCUT2D eigenvalue weighted by molar-refractivity contribution is 6.10. The van der Waals surface area contributed by atoms with Crippen molar-refractivity contribution in [3.63, 3.8) is 0 Å². The van der Waals surface area contributed by atoms with Gasteiger partial charge in [-0.1, -0.05) is 18.2 Å². The molecule has 1 aliphatic carbocycles. The van der Waals surface area contributed by atoms with Crippen LogP contribution in [0.2, 0.25) is 0 Å². The van der Waals surface area contributed by atoms with E-state index in [2.05, 4.69) is 73.0 Å². The van der Waals surface area contributed by atoms with Crippen LogP contribution in [0.3, 0.4) is 0 Å². The summed E-state index contributed by atoms with van der Waals surface area (Å²) < 4.78 is 12.1. The molecule has 1 unspecified atom stereocenters. The van der Waals surface area contributed by atoms with Crippen LogP contribution in [0.15, 0.2) is 41.5 Å². The van der Waals surface area contributed by atoms with Crippen LogP contribution in [0.1, 0.15) is 52.5 Å². The molecule has 2 aliphatic heterocycles. The second kappa shape index (κ2) is 8.37. The zero-order valence-corrected chi connectivity index (χ0v) is 19.8. The van der Waals surface area contributed by atoms with E-state index in [1.807, 2.05) is 11.8 Å². The Morgan fingerprint density at radius 2 is 2.06 bits per heavy atom. The molecule has 0 aromatic heterocycles. The molecule has 2 N–H and O–H groups in total. The van der Waals surface area contributed by atoms with E-state index in [1.54, 1.807) is 0 Å². The molecule has 0 spiro atoms. The third-order valence-corrected chi connectivity index (χ3v) is 6.43. The highest BCUT2D eigenvalue weighted by Crippen LogP contribution is 2.43. The number of anilines is 2. The standard InChI is InChI=1S/C26H32N4O3/c1-16-25(31)29-28-24-15-32-23-12-20(18-8-5-7-17(11-18)14-33-26(2,3)4)21(13-22(23)30(16)24)27-19-9-6-10-19/h5,7-8,11-13,16,19,27H,6,9-10,14-15H2,1-4H3,(H,29,31). The Morgan fingerprint density at radius 1 is 1.24 bits per heavy atom. The summed E-state index contributed by atoms with van der Waals surface area (Å²) in [6.45, 7) is 8.98. The second-order valence-corrected chi connectivity index (χ2v) is 10.1. The smallest absolute Gasteiger partial charge is 0.262 e. The lowest BCUT2D eigenvalue weighted by Crippen LogP contribution is -2.55. The Bertz CT molecular complexity index is 1100. The number of carbonyl (C=O) groups excluding carboxylic acids is 1. The van der Waals surface area contributed by atoms with Gasteiger partial charge in [-0.2, -0.15) is 5.10 Å². The number of ether oxygens (including phenoxy) is 2. The number of rotatable bonds is 5. The first-order valence-electron chi connectivity index (χ1n) is 11.7. The molecule has 33 heavy (non-hydrogen) atoms. The molecule has 2 aromatic rings. The summed E-state index contributed by atoms with van der Waals surface area (Å²) in [7, 11) is 0. The van der Waals surface area contributed by atoms with E-state index in [1.165, 1.54) is 19.3 Å². The summed E-state index contributed by atoms with van der Waals surface area (Å²) in [5.74, 6) is 1.37. The predicted octanol–water partition coefficient (Wildman–Crippen LogP) is 4.66. The summed E-state index contributed by atoms with van der Waals surface area (Å²) in [4.78, 5) is 14.3. The molecule has 2 heterocycles. The third-order valence-electron chi connectivity index (χ3n) is 6.43. The van der Waals surface area contributed by atoms with Gasteiger partial charge in [-0.25, -0.2) is 5.43 Å². The SMILES string of the molecule is CC1C(=O)NN=C2COc3cc(-c4cccc(COC(C)(C)C)c4)c(NC4CCC4)cc3N21. The van der Waals surface area contributed by atoms with Gasteiger partial charge in [-0.3, -0.25) is 4.79 Å². The highest BCUT2D eigenvalue weighted by atomic mass is 16.5. The fourth-order valence-electron chi connectivity index (χ4n) is 4.33. The molecule has 0 radical (unpaired) electrons. The van der Waals surface area contributed by atoms with E-state index in [-0.39, 0.29) is 17.6 Å². The summed E-state index contributed by atoms with van der Waals surface area (Å²) >= 11 is 0. The first kappa shape index (κ1) is 21.8. The number of hydrogen-bond donors (Lipinski definition) is 2. The number of hydrazone groups is 1.